The van der Waals surface area contributed by atoms with Crippen molar-refractivity contribution >= 4 is 29.1 Å². The molecule has 138 valence electrons. The third kappa shape index (κ3) is 4.07. The normalized spacial score (nSPS) is 15.1. The van der Waals surface area contributed by atoms with Gasteiger partial charge >= 0.3 is 5.69 Å². The average Bonchev–Trinajstić information content (AvgIpc) is 3.38. The summed E-state index contributed by atoms with van der Waals surface area (Å²) in [5.41, 5.74) is 0.999. The highest BCUT2D eigenvalue weighted by molar-refractivity contribution is 8.00. The lowest BCUT2D eigenvalue weighted by Crippen LogP contribution is -2.19. The van der Waals surface area contributed by atoms with Gasteiger partial charge in [0.05, 0.1) is 5.25 Å². The van der Waals surface area contributed by atoms with Crippen LogP contribution in [-0.4, -0.2) is 31.7 Å². The Hall–Kier alpha value is -2.35. The number of nitrogens with zero attached hydrogens (tertiary/aromatic N) is 2. The summed E-state index contributed by atoms with van der Waals surface area (Å²) < 4.78 is 1.64. The first-order valence-electron chi connectivity index (χ1n) is 8.65. The zero-order valence-corrected chi connectivity index (χ0v) is 15.8. The number of carbonyl (C=O) groups excluding carboxylic acids is 2. The molecular weight excluding hydrogens is 352 g/mol. The molecule has 1 aliphatic rings. The fraction of sp³-hybridized carbons (Fsp3) is 0.444. The van der Waals surface area contributed by atoms with Crippen molar-refractivity contribution in [1.82, 2.24) is 14.8 Å². The number of anilines is 1. The Bertz CT molecular complexity index is 865. The van der Waals surface area contributed by atoms with Crippen LogP contribution in [0.4, 0.5) is 5.69 Å². The SMILES string of the molecule is CC(C)C(=O)Nc1ccc(C(=O)[C@H](C)Sc2n[nH]c(=O)n2C2CC2)cc1. The minimum Gasteiger partial charge on any atom is -0.326 e. The molecule has 1 fully saturated rings. The van der Waals surface area contributed by atoms with Crippen LogP contribution in [0.25, 0.3) is 0 Å². The van der Waals surface area contributed by atoms with E-state index in [1.54, 1.807) is 35.8 Å². The second-order valence-corrected chi connectivity index (χ2v) is 8.07. The van der Waals surface area contributed by atoms with Crippen molar-refractivity contribution in [2.24, 2.45) is 5.92 Å². The predicted molar refractivity (Wildman–Crippen MR) is 101 cm³/mol. The lowest BCUT2D eigenvalue weighted by atomic mass is 10.1. The summed E-state index contributed by atoms with van der Waals surface area (Å²) in [6.45, 7) is 5.45. The number of Topliss-reactive ketones (excluding diaryl/α,β-unsaturated/α-hetero) is 1. The predicted octanol–water partition coefficient (Wildman–Crippen LogP) is 2.86. The van der Waals surface area contributed by atoms with Gasteiger partial charge in [0.25, 0.3) is 0 Å². The molecule has 0 aliphatic heterocycles. The molecule has 1 aromatic heterocycles. The van der Waals surface area contributed by atoms with E-state index in [-0.39, 0.29) is 34.6 Å². The second kappa shape index (κ2) is 7.49. The van der Waals surface area contributed by atoms with Crippen LogP contribution in [0.1, 0.15) is 50.0 Å². The molecule has 1 amide bonds. The van der Waals surface area contributed by atoms with Gasteiger partial charge in [0, 0.05) is 23.2 Å². The number of hydrogen-bond donors (Lipinski definition) is 2. The summed E-state index contributed by atoms with van der Waals surface area (Å²) >= 11 is 1.28. The third-order valence-corrected chi connectivity index (χ3v) is 5.26. The summed E-state index contributed by atoms with van der Waals surface area (Å²) in [5.74, 6) is -0.218. The van der Waals surface area contributed by atoms with E-state index in [4.69, 9.17) is 0 Å². The topological polar surface area (TPSA) is 96.8 Å². The molecular formula is C18H22N4O3S. The number of hydrogen-bond acceptors (Lipinski definition) is 5. The van der Waals surface area contributed by atoms with Crippen LogP contribution in [0.3, 0.4) is 0 Å². The lowest BCUT2D eigenvalue weighted by molar-refractivity contribution is -0.118. The van der Waals surface area contributed by atoms with Gasteiger partial charge in [-0.1, -0.05) is 25.6 Å². The van der Waals surface area contributed by atoms with Crippen LogP contribution in [0, 0.1) is 5.92 Å². The first-order chi connectivity index (χ1) is 12.4. The fourth-order valence-electron chi connectivity index (χ4n) is 2.48. The minimum absolute atomic E-state index is 0.0467. The second-order valence-electron chi connectivity index (χ2n) is 6.76. The number of thioether (sulfide) groups is 1. The zero-order valence-electron chi connectivity index (χ0n) is 15.0. The van der Waals surface area contributed by atoms with E-state index in [0.717, 1.165) is 12.8 Å². The molecule has 3 rings (SSSR count). The Morgan fingerprint density at radius 2 is 1.88 bits per heavy atom. The number of nitrogens with one attached hydrogen (secondary N) is 2. The van der Waals surface area contributed by atoms with E-state index in [9.17, 15) is 14.4 Å². The van der Waals surface area contributed by atoms with Crippen molar-refractivity contribution in [2.75, 3.05) is 5.32 Å². The Kier molecular flexibility index (Phi) is 5.31. The van der Waals surface area contributed by atoms with Crippen LogP contribution >= 0.6 is 11.8 Å². The van der Waals surface area contributed by atoms with E-state index in [1.165, 1.54) is 11.8 Å². The van der Waals surface area contributed by atoms with Crippen LogP contribution < -0.4 is 11.0 Å². The maximum atomic E-state index is 12.7. The van der Waals surface area contributed by atoms with Gasteiger partial charge in [0.15, 0.2) is 10.9 Å². The molecule has 1 saturated carbocycles. The monoisotopic (exact) mass is 374 g/mol. The molecule has 0 unspecified atom stereocenters. The van der Waals surface area contributed by atoms with Crippen LogP contribution in [0.15, 0.2) is 34.2 Å². The van der Waals surface area contributed by atoms with Crippen LogP contribution in [-0.2, 0) is 4.79 Å². The molecule has 0 spiro atoms. The number of aromatic nitrogens is 3. The third-order valence-electron chi connectivity index (χ3n) is 4.20. The summed E-state index contributed by atoms with van der Waals surface area (Å²) in [6, 6.07) is 7.05. The van der Waals surface area contributed by atoms with Crippen LogP contribution in [0.2, 0.25) is 0 Å². The maximum absolute atomic E-state index is 12.7. The minimum atomic E-state index is -0.376. The first kappa shape index (κ1) is 18.4. The van der Waals surface area contributed by atoms with Crippen molar-refractivity contribution in [3.05, 3.63) is 40.3 Å². The molecule has 0 radical (unpaired) electrons. The number of amides is 1. The molecule has 1 heterocycles. The molecule has 7 nitrogen and oxygen atoms in total. The molecule has 1 aliphatic carbocycles. The maximum Gasteiger partial charge on any atom is 0.344 e. The smallest absolute Gasteiger partial charge is 0.326 e. The van der Waals surface area contributed by atoms with Gasteiger partial charge in [-0.25, -0.2) is 9.89 Å². The van der Waals surface area contributed by atoms with E-state index in [0.29, 0.717) is 16.4 Å². The molecule has 2 aromatic rings. The summed E-state index contributed by atoms with van der Waals surface area (Å²) in [7, 11) is 0. The van der Waals surface area contributed by atoms with Gasteiger partial charge in [0.1, 0.15) is 0 Å². The molecule has 1 aromatic carbocycles. The molecule has 1 atom stereocenters. The highest BCUT2D eigenvalue weighted by Crippen LogP contribution is 2.37. The molecule has 0 saturated heterocycles. The standard InChI is InChI=1S/C18H22N4O3S/c1-10(2)16(24)19-13-6-4-12(5-7-13)15(23)11(3)26-18-21-20-17(25)22(18)14-8-9-14/h4-7,10-11,14H,8-9H2,1-3H3,(H,19,24)(H,20,25)/t11-/m0/s1. The Morgan fingerprint density at radius 1 is 1.23 bits per heavy atom. The number of benzene rings is 1. The van der Waals surface area contributed by atoms with Crippen molar-refractivity contribution in [1.29, 1.82) is 0 Å². The van der Waals surface area contributed by atoms with Crippen LogP contribution in [0.5, 0.6) is 0 Å². The van der Waals surface area contributed by atoms with E-state index in [1.807, 2.05) is 13.8 Å². The number of carbonyl (C=O) groups is 2. The first-order valence-corrected chi connectivity index (χ1v) is 9.53. The Morgan fingerprint density at radius 3 is 2.46 bits per heavy atom. The van der Waals surface area contributed by atoms with E-state index >= 15 is 0 Å². The van der Waals surface area contributed by atoms with Gasteiger partial charge in [-0.05, 0) is 44.0 Å². The summed E-state index contributed by atoms with van der Waals surface area (Å²) in [4.78, 5) is 36.2. The highest BCUT2D eigenvalue weighted by Gasteiger charge is 2.30. The van der Waals surface area contributed by atoms with Crippen molar-refractivity contribution < 1.29 is 9.59 Å². The number of rotatable bonds is 7. The summed E-state index contributed by atoms with van der Waals surface area (Å²) in [6.07, 6.45) is 1.94. The Balaban J connectivity index is 1.67. The number of H-pyrrole nitrogens is 1. The largest absolute Gasteiger partial charge is 0.344 e. The van der Waals surface area contributed by atoms with Crippen molar-refractivity contribution in [3.63, 3.8) is 0 Å². The highest BCUT2D eigenvalue weighted by atomic mass is 32.2. The lowest BCUT2D eigenvalue weighted by Gasteiger charge is -2.11. The average molecular weight is 374 g/mol. The van der Waals surface area contributed by atoms with Crippen molar-refractivity contribution in [2.45, 2.75) is 50.1 Å². The zero-order chi connectivity index (χ0) is 18.8. The fourth-order valence-corrected chi connectivity index (χ4v) is 3.48. The van der Waals surface area contributed by atoms with Crippen molar-refractivity contribution in [3.8, 4) is 0 Å². The van der Waals surface area contributed by atoms with Gasteiger partial charge in [0.2, 0.25) is 5.91 Å². The molecule has 26 heavy (non-hydrogen) atoms. The van der Waals surface area contributed by atoms with E-state index < -0.39 is 0 Å². The summed E-state index contributed by atoms with van der Waals surface area (Å²) in [5, 5.41) is 9.48. The molecule has 2 N–H and O–H groups in total. The number of aromatic amines is 1. The van der Waals surface area contributed by atoms with E-state index in [2.05, 4.69) is 15.5 Å². The number of ketones is 1. The quantitative estimate of drug-likeness (QED) is 0.574. The molecule has 0 bridgehead atoms. The Labute approximate surface area is 155 Å². The molecule has 8 heteroatoms. The van der Waals surface area contributed by atoms with Gasteiger partial charge < -0.3 is 5.32 Å². The van der Waals surface area contributed by atoms with Gasteiger partial charge in [-0.3, -0.25) is 14.2 Å². The van der Waals surface area contributed by atoms with Gasteiger partial charge in [-0.15, -0.1) is 5.10 Å². The van der Waals surface area contributed by atoms with Gasteiger partial charge in [-0.2, -0.15) is 0 Å².